The van der Waals surface area contributed by atoms with Crippen molar-refractivity contribution in [3.63, 3.8) is 0 Å². The van der Waals surface area contributed by atoms with Crippen LogP contribution in [-0.2, 0) is 23.0 Å². The zero-order chi connectivity index (χ0) is 22.1. The van der Waals surface area contributed by atoms with Crippen molar-refractivity contribution in [2.45, 2.75) is 44.7 Å². The highest BCUT2D eigenvalue weighted by molar-refractivity contribution is 7.89. The molecule has 2 aromatic carbocycles. The van der Waals surface area contributed by atoms with Gasteiger partial charge >= 0.3 is 0 Å². The van der Waals surface area contributed by atoms with Crippen molar-refractivity contribution in [3.05, 3.63) is 65.5 Å². The minimum atomic E-state index is -3.49. The maximum absolute atomic E-state index is 13.7. The van der Waals surface area contributed by atoms with Gasteiger partial charge in [0.25, 0.3) is 0 Å². The van der Waals surface area contributed by atoms with E-state index in [1.165, 1.54) is 10.4 Å². The highest BCUT2D eigenvalue weighted by Gasteiger charge is 2.22. The zero-order valence-corrected chi connectivity index (χ0v) is 18.8. The molecule has 0 radical (unpaired) electrons. The van der Waals surface area contributed by atoms with Crippen molar-refractivity contribution in [2.75, 3.05) is 20.1 Å². The molecule has 2 aromatic rings. The number of nitrogens with one attached hydrogen (secondary N) is 2. The van der Waals surface area contributed by atoms with E-state index in [1.54, 1.807) is 43.4 Å². The number of aliphatic imine (C=N–C) groups is 1. The number of benzene rings is 2. The summed E-state index contributed by atoms with van der Waals surface area (Å²) in [6, 6.07) is 13.4. The van der Waals surface area contributed by atoms with Gasteiger partial charge in [-0.15, -0.1) is 0 Å². The molecule has 0 aliphatic rings. The summed E-state index contributed by atoms with van der Waals surface area (Å²) in [6.07, 6.45) is 0.549. The van der Waals surface area contributed by atoms with Crippen molar-refractivity contribution in [1.29, 1.82) is 0 Å². The van der Waals surface area contributed by atoms with Gasteiger partial charge < -0.3 is 10.6 Å². The van der Waals surface area contributed by atoms with Gasteiger partial charge in [0.1, 0.15) is 5.82 Å². The molecule has 164 valence electrons. The van der Waals surface area contributed by atoms with E-state index in [4.69, 9.17) is 0 Å². The number of halogens is 1. The van der Waals surface area contributed by atoms with Gasteiger partial charge in [-0.25, -0.2) is 17.8 Å². The number of rotatable bonds is 9. The average molecular weight is 435 g/mol. The lowest BCUT2D eigenvalue weighted by atomic mass is 10.1. The molecule has 6 nitrogen and oxygen atoms in total. The van der Waals surface area contributed by atoms with E-state index in [2.05, 4.69) is 15.6 Å². The van der Waals surface area contributed by atoms with Crippen molar-refractivity contribution in [1.82, 2.24) is 14.9 Å². The second-order valence-electron chi connectivity index (χ2n) is 7.22. The number of hydrogen-bond donors (Lipinski definition) is 2. The van der Waals surface area contributed by atoms with Crippen LogP contribution in [0.3, 0.4) is 0 Å². The first-order chi connectivity index (χ1) is 14.3. The molecule has 0 aromatic heterocycles. The fourth-order valence-electron chi connectivity index (χ4n) is 2.74. The smallest absolute Gasteiger partial charge is 0.243 e. The molecule has 0 spiro atoms. The summed E-state index contributed by atoms with van der Waals surface area (Å²) < 4.78 is 40.2. The molecule has 0 saturated heterocycles. The second kappa shape index (κ2) is 11.1. The summed E-state index contributed by atoms with van der Waals surface area (Å²) in [4.78, 5) is 4.80. The number of sulfonamides is 1. The third kappa shape index (κ3) is 6.53. The quantitative estimate of drug-likeness (QED) is 0.470. The minimum absolute atomic E-state index is 0.114. The third-order valence-corrected chi connectivity index (χ3v) is 6.78. The van der Waals surface area contributed by atoms with Gasteiger partial charge in [0.05, 0.1) is 11.4 Å². The molecule has 0 aliphatic carbocycles. The molecule has 0 amide bonds. The number of guanidine groups is 1. The molecule has 0 saturated carbocycles. The Morgan fingerprint density at radius 3 is 2.37 bits per heavy atom. The number of hydrogen-bond acceptors (Lipinski definition) is 3. The minimum Gasteiger partial charge on any atom is -0.357 e. The Balaban J connectivity index is 1.99. The molecule has 30 heavy (non-hydrogen) atoms. The van der Waals surface area contributed by atoms with E-state index in [0.29, 0.717) is 37.6 Å². The summed E-state index contributed by atoms with van der Waals surface area (Å²) in [5, 5.41) is 6.36. The van der Waals surface area contributed by atoms with Crippen molar-refractivity contribution < 1.29 is 12.8 Å². The molecule has 0 unspecified atom stereocenters. The summed E-state index contributed by atoms with van der Waals surface area (Å²) in [5.41, 5.74) is 1.55. The Morgan fingerprint density at radius 1 is 1.10 bits per heavy atom. The average Bonchev–Trinajstić information content (AvgIpc) is 2.73. The van der Waals surface area contributed by atoms with E-state index in [9.17, 15) is 12.8 Å². The predicted octanol–water partition coefficient (Wildman–Crippen LogP) is 3.15. The lowest BCUT2D eigenvalue weighted by molar-refractivity contribution is 0.410. The highest BCUT2D eigenvalue weighted by Crippen LogP contribution is 2.17. The van der Waals surface area contributed by atoms with Crippen LogP contribution in [0.2, 0.25) is 0 Å². The molecule has 0 atom stereocenters. The maximum atomic E-state index is 13.7. The Labute approximate surface area is 179 Å². The monoisotopic (exact) mass is 434 g/mol. The first kappa shape index (κ1) is 23.8. The van der Waals surface area contributed by atoms with Gasteiger partial charge in [-0.1, -0.05) is 30.3 Å². The SMILES string of the molecule is CCNC(=NCc1ccc(S(=O)(=O)N(C)C(C)C)cc1)NCCc1ccccc1F. The predicted molar refractivity (Wildman–Crippen MR) is 119 cm³/mol. The van der Waals surface area contributed by atoms with Crippen LogP contribution >= 0.6 is 0 Å². The Morgan fingerprint density at radius 2 is 1.77 bits per heavy atom. The number of nitrogens with zero attached hydrogens (tertiary/aromatic N) is 2. The molecular formula is C22H31FN4O2S. The van der Waals surface area contributed by atoms with Crippen LogP contribution in [0.1, 0.15) is 31.9 Å². The van der Waals surface area contributed by atoms with E-state index in [-0.39, 0.29) is 16.8 Å². The Hall–Kier alpha value is -2.45. The largest absolute Gasteiger partial charge is 0.357 e. The van der Waals surface area contributed by atoms with Crippen LogP contribution in [0, 0.1) is 5.82 Å². The standard InChI is InChI=1S/C22H31FN4O2S/c1-5-24-22(25-15-14-19-8-6-7-9-21(19)23)26-16-18-10-12-20(13-11-18)30(28,29)27(4)17(2)3/h6-13,17H,5,14-16H2,1-4H3,(H2,24,25,26). The first-order valence-electron chi connectivity index (χ1n) is 10.1. The fourth-order valence-corrected chi connectivity index (χ4v) is 4.11. The van der Waals surface area contributed by atoms with Gasteiger partial charge in [-0.05, 0) is 56.5 Å². The lowest BCUT2D eigenvalue weighted by Gasteiger charge is -2.21. The van der Waals surface area contributed by atoms with E-state index in [0.717, 1.165) is 5.56 Å². The zero-order valence-electron chi connectivity index (χ0n) is 18.0. The first-order valence-corrected chi connectivity index (χ1v) is 11.5. The fraction of sp³-hybridized carbons (Fsp3) is 0.409. The van der Waals surface area contributed by atoms with Gasteiger partial charge in [0, 0.05) is 26.2 Å². The molecule has 0 heterocycles. The molecule has 2 N–H and O–H groups in total. The second-order valence-corrected chi connectivity index (χ2v) is 9.22. The van der Waals surface area contributed by atoms with Crippen LogP contribution in [0.15, 0.2) is 58.4 Å². The van der Waals surface area contributed by atoms with Crippen LogP contribution in [0.25, 0.3) is 0 Å². The van der Waals surface area contributed by atoms with Crippen LogP contribution in [0.5, 0.6) is 0 Å². The molecule has 2 rings (SSSR count). The van der Waals surface area contributed by atoms with E-state index in [1.807, 2.05) is 26.8 Å². The van der Waals surface area contributed by atoms with Crippen molar-refractivity contribution >= 4 is 16.0 Å². The van der Waals surface area contributed by atoms with E-state index >= 15 is 0 Å². The van der Waals surface area contributed by atoms with Crippen molar-refractivity contribution in [2.24, 2.45) is 4.99 Å². The third-order valence-electron chi connectivity index (χ3n) is 4.74. The van der Waals surface area contributed by atoms with Crippen LogP contribution in [0.4, 0.5) is 4.39 Å². The summed E-state index contributed by atoms with van der Waals surface area (Å²) in [6.45, 7) is 7.29. The van der Waals surface area contributed by atoms with Gasteiger partial charge in [-0.2, -0.15) is 4.31 Å². The Bertz CT molecular complexity index is 944. The summed E-state index contributed by atoms with van der Waals surface area (Å²) >= 11 is 0. The maximum Gasteiger partial charge on any atom is 0.243 e. The summed E-state index contributed by atoms with van der Waals surface area (Å²) in [5.74, 6) is 0.421. The molecule has 0 aliphatic heterocycles. The topological polar surface area (TPSA) is 73.8 Å². The van der Waals surface area contributed by atoms with Crippen LogP contribution in [-0.4, -0.2) is 44.9 Å². The highest BCUT2D eigenvalue weighted by atomic mass is 32.2. The molecule has 8 heteroatoms. The van der Waals surface area contributed by atoms with E-state index < -0.39 is 10.0 Å². The molecule has 0 fully saturated rings. The van der Waals surface area contributed by atoms with Gasteiger partial charge in [0.2, 0.25) is 10.0 Å². The van der Waals surface area contributed by atoms with Gasteiger partial charge in [0.15, 0.2) is 5.96 Å². The van der Waals surface area contributed by atoms with Crippen LogP contribution < -0.4 is 10.6 Å². The van der Waals surface area contributed by atoms with Gasteiger partial charge in [-0.3, -0.25) is 0 Å². The van der Waals surface area contributed by atoms with Crippen molar-refractivity contribution in [3.8, 4) is 0 Å². The lowest BCUT2D eigenvalue weighted by Crippen LogP contribution is -2.38. The summed E-state index contributed by atoms with van der Waals surface area (Å²) in [7, 11) is -1.92. The normalized spacial score (nSPS) is 12.4. The molecular weight excluding hydrogens is 403 g/mol. The molecule has 0 bridgehead atoms. The Kier molecular flexibility index (Phi) is 8.80.